The van der Waals surface area contributed by atoms with Gasteiger partial charge in [-0.25, -0.2) is 4.39 Å². The van der Waals surface area contributed by atoms with Crippen molar-refractivity contribution in [2.75, 3.05) is 6.54 Å². The van der Waals surface area contributed by atoms with Crippen LogP contribution >= 0.6 is 0 Å². The van der Waals surface area contributed by atoms with Gasteiger partial charge < -0.3 is 4.90 Å². The van der Waals surface area contributed by atoms with E-state index in [-0.39, 0.29) is 17.8 Å². The van der Waals surface area contributed by atoms with Gasteiger partial charge in [-0.05, 0) is 30.0 Å². The fourth-order valence-corrected chi connectivity index (χ4v) is 3.22. The first-order chi connectivity index (χ1) is 10.7. The van der Waals surface area contributed by atoms with Gasteiger partial charge in [-0.1, -0.05) is 49.4 Å². The maximum atomic E-state index is 14.4. The first-order valence-corrected chi connectivity index (χ1v) is 7.84. The molecule has 2 nitrogen and oxygen atoms in total. The average molecular weight is 297 g/mol. The minimum absolute atomic E-state index is 0.102. The molecule has 3 rings (SSSR count). The van der Waals surface area contributed by atoms with Crippen molar-refractivity contribution in [3.05, 3.63) is 71.0 Å². The summed E-state index contributed by atoms with van der Waals surface area (Å²) < 4.78 is 14.4. The highest BCUT2D eigenvalue weighted by Crippen LogP contribution is 2.36. The van der Waals surface area contributed by atoms with Crippen LogP contribution < -0.4 is 0 Å². The Hall–Kier alpha value is -2.16. The predicted molar refractivity (Wildman–Crippen MR) is 85.0 cm³/mol. The second kappa shape index (κ2) is 6.30. The van der Waals surface area contributed by atoms with E-state index in [4.69, 9.17) is 0 Å². The van der Waals surface area contributed by atoms with E-state index >= 15 is 0 Å². The van der Waals surface area contributed by atoms with Gasteiger partial charge in [-0.2, -0.15) is 0 Å². The molecule has 0 saturated carbocycles. The van der Waals surface area contributed by atoms with Gasteiger partial charge in [0.1, 0.15) is 5.82 Å². The lowest BCUT2D eigenvalue weighted by Gasteiger charge is -2.38. The number of hydrogen-bond donors (Lipinski definition) is 0. The van der Waals surface area contributed by atoms with E-state index in [1.54, 1.807) is 12.1 Å². The highest BCUT2D eigenvalue weighted by molar-refractivity contribution is 5.77. The van der Waals surface area contributed by atoms with Crippen molar-refractivity contribution in [1.82, 2.24) is 4.90 Å². The van der Waals surface area contributed by atoms with Crippen LogP contribution in [0.3, 0.4) is 0 Å². The van der Waals surface area contributed by atoms with Crippen LogP contribution in [-0.2, 0) is 11.2 Å². The van der Waals surface area contributed by atoms with Crippen molar-refractivity contribution in [2.45, 2.75) is 32.2 Å². The monoisotopic (exact) mass is 297 g/mol. The largest absolute Gasteiger partial charge is 0.331 e. The quantitative estimate of drug-likeness (QED) is 0.835. The molecule has 0 bridgehead atoms. The normalized spacial score (nSPS) is 17.2. The Morgan fingerprint density at radius 1 is 1.14 bits per heavy atom. The minimum Gasteiger partial charge on any atom is -0.331 e. The number of carbonyl (C=O) groups excluding carboxylic acids is 1. The van der Waals surface area contributed by atoms with E-state index in [9.17, 15) is 9.18 Å². The molecule has 22 heavy (non-hydrogen) atoms. The van der Waals surface area contributed by atoms with Gasteiger partial charge >= 0.3 is 0 Å². The number of rotatable bonds is 3. The van der Waals surface area contributed by atoms with Crippen LogP contribution in [0.1, 0.15) is 42.5 Å². The summed E-state index contributed by atoms with van der Waals surface area (Å²) in [7, 11) is 0. The van der Waals surface area contributed by atoms with E-state index in [2.05, 4.69) is 6.07 Å². The molecule has 1 aliphatic rings. The third-order valence-corrected chi connectivity index (χ3v) is 4.27. The topological polar surface area (TPSA) is 20.3 Å². The number of fused-ring (bicyclic) bond motifs is 1. The predicted octanol–water partition coefficient (Wildman–Crippen LogP) is 4.10. The van der Waals surface area contributed by atoms with Gasteiger partial charge in [0.15, 0.2) is 0 Å². The van der Waals surface area contributed by atoms with E-state index < -0.39 is 0 Å². The second-order valence-electron chi connectivity index (χ2n) is 5.71. The molecule has 2 aromatic carbocycles. The third kappa shape index (κ3) is 2.63. The molecule has 2 aromatic rings. The molecule has 0 N–H and O–H groups in total. The Morgan fingerprint density at radius 3 is 2.55 bits per heavy atom. The Balaban J connectivity index is 2.10. The number of amides is 1. The summed E-state index contributed by atoms with van der Waals surface area (Å²) in [6, 6.07) is 14.5. The molecule has 0 spiro atoms. The Kier molecular flexibility index (Phi) is 4.23. The molecule has 1 aliphatic heterocycles. The van der Waals surface area contributed by atoms with Crippen LogP contribution in [0.15, 0.2) is 48.5 Å². The van der Waals surface area contributed by atoms with Crippen LogP contribution in [0.25, 0.3) is 0 Å². The summed E-state index contributed by atoms with van der Waals surface area (Å²) in [5.74, 6) is -0.149. The molecule has 0 fully saturated rings. The lowest BCUT2D eigenvalue weighted by atomic mass is 9.87. The molecule has 1 heterocycles. The fraction of sp³-hybridized carbons (Fsp3) is 0.316. The third-order valence-electron chi connectivity index (χ3n) is 4.27. The fourth-order valence-electron chi connectivity index (χ4n) is 3.22. The van der Waals surface area contributed by atoms with Crippen molar-refractivity contribution >= 4 is 5.91 Å². The zero-order valence-electron chi connectivity index (χ0n) is 12.8. The maximum absolute atomic E-state index is 14.4. The van der Waals surface area contributed by atoms with Crippen molar-refractivity contribution in [1.29, 1.82) is 0 Å². The van der Waals surface area contributed by atoms with Crippen molar-refractivity contribution < 1.29 is 9.18 Å². The Labute approximate surface area is 130 Å². The SMILES string of the molecule is CCCC(=O)N1CCc2ccccc2C1c1ccccc1F. The van der Waals surface area contributed by atoms with Gasteiger partial charge in [0.05, 0.1) is 6.04 Å². The van der Waals surface area contributed by atoms with Gasteiger partial charge in [0.2, 0.25) is 5.91 Å². The van der Waals surface area contributed by atoms with E-state index in [1.807, 2.05) is 36.1 Å². The lowest BCUT2D eigenvalue weighted by Crippen LogP contribution is -2.40. The summed E-state index contributed by atoms with van der Waals surface area (Å²) in [6.07, 6.45) is 2.14. The standard InChI is InChI=1S/C19H20FNO/c1-2-7-18(22)21-13-12-14-8-3-4-9-15(14)19(21)16-10-5-6-11-17(16)20/h3-6,8-11,19H,2,7,12-13H2,1H3. The molecule has 1 unspecified atom stereocenters. The highest BCUT2D eigenvalue weighted by atomic mass is 19.1. The molecule has 1 atom stereocenters. The number of halogens is 1. The van der Waals surface area contributed by atoms with E-state index in [1.165, 1.54) is 11.6 Å². The first-order valence-electron chi connectivity index (χ1n) is 7.84. The van der Waals surface area contributed by atoms with Gasteiger partial charge in [-0.3, -0.25) is 4.79 Å². The average Bonchev–Trinajstić information content (AvgIpc) is 2.54. The lowest BCUT2D eigenvalue weighted by molar-refractivity contribution is -0.133. The Morgan fingerprint density at radius 2 is 1.82 bits per heavy atom. The molecule has 0 aliphatic carbocycles. The molecule has 3 heteroatoms. The molecular formula is C19H20FNO. The van der Waals surface area contributed by atoms with E-state index in [0.717, 1.165) is 18.4 Å². The van der Waals surface area contributed by atoms with Crippen LogP contribution in [0.5, 0.6) is 0 Å². The van der Waals surface area contributed by atoms with Crippen LogP contribution in [0.4, 0.5) is 4.39 Å². The highest BCUT2D eigenvalue weighted by Gasteiger charge is 2.32. The first kappa shape index (κ1) is 14.8. The summed E-state index contributed by atoms with van der Waals surface area (Å²) in [5.41, 5.74) is 2.83. The molecular weight excluding hydrogens is 277 g/mol. The molecule has 114 valence electrons. The molecule has 1 amide bonds. The van der Waals surface area contributed by atoms with Gasteiger partial charge in [0.25, 0.3) is 0 Å². The molecule has 0 radical (unpaired) electrons. The Bertz CT molecular complexity index is 683. The molecule has 0 aromatic heterocycles. The van der Waals surface area contributed by atoms with Crippen LogP contribution in [-0.4, -0.2) is 17.4 Å². The minimum atomic E-state index is -0.315. The summed E-state index contributed by atoms with van der Waals surface area (Å²) in [4.78, 5) is 14.3. The summed E-state index contributed by atoms with van der Waals surface area (Å²) in [5, 5.41) is 0. The van der Waals surface area contributed by atoms with Crippen LogP contribution in [0.2, 0.25) is 0 Å². The zero-order chi connectivity index (χ0) is 15.5. The maximum Gasteiger partial charge on any atom is 0.223 e. The van der Waals surface area contributed by atoms with Crippen molar-refractivity contribution in [2.24, 2.45) is 0 Å². The van der Waals surface area contributed by atoms with Gasteiger partial charge in [-0.15, -0.1) is 0 Å². The van der Waals surface area contributed by atoms with Crippen molar-refractivity contribution in [3.8, 4) is 0 Å². The number of hydrogen-bond acceptors (Lipinski definition) is 1. The smallest absolute Gasteiger partial charge is 0.223 e. The summed E-state index contributed by atoms with van der Waals surface area (Å²) in [6.45, 7) is 2.64. The number of nitrogens with zero attached hydrogens (tertiary/aromatic N) is 1. The zero-order valence-corrected chi connectivity index (χ0v) is 12.8. The van der Waals surface area contributed by atoms with E-state index in [0.29, 0.717) is 18.5 Å². The number of benzene rings is 2. The van der Waals surface area contributed by atoms with Gasteiger partial charge in [0, 0.05) is 18.5 Å². The second-order valence-corrected chi connectivity index (χ2v) is 5.71. The van der Waals surface area contributed by atoms with Crippen molar-refractivity contribution in [3.63, 3.8) is 0 Å². The molecule has 0 saturated heterocycles. The van der Waals surface area contributed by atoms with Crippen LogP contribution in [0, 0.1) is 5.82 Å². The summed E-state index contributed by atoms with van der Waals surface area (Å²) >= 11 is 0. The number of carbonyl (C=O) groups is 1.